The Kier molecular flexibility index (Phi) is 4.34. The van der Waals surface area contributed by atoms with E-state index in [0.717, 1.165) is 5.56 Å². The predicted molar refractivity (Wildman–Crippen MR) is 73.8 cm³/mol. The molecule has 2 rings (SSSR count). The summed E-state index contributed by atoms with van der Waals surface area (Å²) < 4.78 is 5.00. The Labute approximate surface area is 120 Å². The first-order chi connectivity index (χ1) is 9.99. The molecular weight excluding hydrogens is 276 g/mol. The second kappa shape index (κ2) is 6.19. The largest absolute Gasteiger partial charge is 0.467 e. The number of nitro groups is 1. The molecule has 1 atom stereocenters. The van der Waals surface area contributed by atoms with Gasteiger partial charge >= 0.3 is 0 Å². The SMILES string of the molecule is Cc1ccc([N+](=O)[O-])c(C(=O)NCC(O)c2ccco2)c1. The van der Waals surface area contributed by atoms with E-state index in [1.165, 1.54) is 18.4 Å². The molecule has 2 aromatic rings. The molecule has 1 aromatic heterocycles. The van der Waals surface area contributed by atoms with Crippen LogP contribution in [0.4, 0.5) is 5.69 Å². The van der Waals surface area contributed by atoms with Crippen molar-refractivity contribution in [2.75, 3.05) is 6.54 Å². The van der Waals surface area contributed by atoms with Crippen LogP contribution in [0.2, 0.25) is 0 Å². The van der Waals surface area contributed by atoms with Gasteiger partial charge in [-0.3, -0.25) is 14.9 Å². The van der Waals surface area contributed by atoms with Gasteiger partial charge < -0.3 is 14.8 Å². The number of benzene rings is 1. The zero-order chi connectivity index (χ0) is 15.4. The fourth-order valence-electron chi connectivity index (χ4n) is 1.86. The summed E-state index contributed by atoms with van der Waals surface area (Å²) >= 11 is 0. The Hall–Kier alpha value is -2.67. The van der Waals surface area contributed by atoms with Gasteiger partial charge in [0.15, 0.2) is 0 Å². The molecule has 1 amide bonds. The van der Waals surface area contributed by atoms with Crippen LogP contribution in [0, 0.1) is 17.0 Å². The van der Waals surface area contributed by atoms with Crippen LogP contribution in [-0.4, -0.2) is 22.5 Å². The maximum Gasteiger partial charge on any atom is 0.282 e. The second-order valence-electron chi connectivity index (χ2n) is 4.52. The van der Waals surface area contributed by atoms with E-state index in [2.05, 4.69) is 5.32 Å². The maximum atomic E-state index is 12.0. The summed E-state index contributed by atoms with van der Waals surface area (Å²) in [5.74, 6) is -0.301. The van der Waals surface area contributed by atoms with Crippen LogP contribution in [0.25, 0.3) is 0 Å². The van der Waals surface area contributed by atoms with Gasteiger partial charge in [-0.25, -0.2) is 0 Å². The molecule has 0 spiro atoms. The summed E-state index contributed by atoms with van der Waals surface area (Å²) in [6, 6.07) is 7.48. The van der Waals surface area contributed by atoms with Crippen LogP contribution in [0.5, 0.6) is 0 Å². The lowest BCUT2D eigenvalue weighted by atomic mass is 10.1. The fourth-order valence-corrected chi connectivity index (χ4v) is 1.86. The number of amides is 1. The third-order valence-corrected chi connectivity index (χ3v) is 2.92. The first kappa shape index (κ1) is 14.7. The number of furan rings is 1. The van der Waals surface area contributed by atoms with E-state index in [0.29, 0.717) is 5.76 Å². The molecule has 2 N–H and O–H groups in total. The second-order valence-corrected chi connectivity index (χ2v) is 4.52. The summed E-state index contributed by atoms with van der Waals surface area (Å²) in [5, 5.41) is 23.2. The molecule has 0 saturated heterocycles. The third-order valence-electron chi connectivity index (χ3n) is 2.92. The van der Waals surface area contributed by atoms with E-state index in [-0.39, 0.29) is 17.8 Å². The van der Waals surface area contributed by atoms with Crippen LogP contribution in [0.1, 0.15) is 27.8 Å². The quantitative estimate of drug-likeness (QED) is 0.646. The number of nitrogens with one attached hydrogen (secondary N) is 1. The number of rotatable bonds is 5. The molecule has 1 heterocycles. The zero-order valence-electron chi connectivity index (χ0n) is 11.3. The molecule has 7 heteroatoms. The summed E-state index contributed by atoms with van der Waals surface area (Å²) in [6.07, 6.45) is 0.402. The average molecular weight is 290 g/mol. The molecule has 7 nitrogen and oxygen atoms in total. The topological polar surface area (TPSA) is 106 Å². The smallest absolute Gasteiger partial charge is 0.282 e. The van der Waals surface area contributed by atoms with Crippen molar-refractivity contribution < 1.29 is 19.2 Å². The lowest BCUT2D eigenvalue weighted by Gasteiger charge is -2.10. The Bertz CT molecular complexity index is 651. The van der Waals surface area contributed by atoms with E-state index in [4.69, 9.17) is 4.42 Å². The van der Waals surface area contributed by atoms with Gasteiger partial charge in [-0.05, 0) is 30.7 Å². The molecule has 0 aliphatic heterocycles. The van der Waals surface area contributed by atoms with Gasteiger partial charge in [-0.15, -0.1) is 0 Å². The van der Waals surface area contributed by atoms with Gasteiger partial charge in [0.05, 0.1) is 17.7 Å². The highest BCUT2D eigenvalue weighted by molar-refractivity contribution is 5.98. The Morgan fingerprint density at radius 3 is 2.86 bits per heavy atom. The molecule has 21 heavy (non-hydrogen) atoms. The van der Waals surface area contributed by atoms with Gasteiger partial charge in [0, 0.05) is 6.07 Å². The normalized spacial score (nSPS) is 11.9. The molecule has 0 aliphatic rings. The minimum absolute atomic E-state index is 0.0355. The van der Waals surface area contributed by atoms with Crippen LogP contribution < -0.4 is 5.32 Å². The van der Waals surface area contributed by atoms with Gasteiger partial charge in [-0.2, -0.15) is 0 Å². The number of hydrogen-bond acceptors (Lipinski definition) is 5. The molecule has 0 radical (unpaired) electrons. The summed E-state index contributed by atoms with van der Waals surface area (Å²) in [6.45, 7) is 1.63. The number of carbonyl (C=O) groups excluding carboxylic acids is 1. The Morgan fingerprint density at radius 1 is 1.48 bits per heavy atom. The summed E-state index contributed by atoms with van der Waals surface area (Å²) in [7, 11) is 0. The lowest BCUT2D eigenvalue weighted by Crippen LogP contribution is -2.28. The fraction of sp³-hybridized carbons (Fsp3) is 0.214. The first-order valence-corrected chi connectivity index (χ1v) is 6.23. The molecular formula is C14H14N2O5. The van der Waals surface area contributed by atoms with E-state index in [1.54, 1.807) is 25.1 Å². The van der Waals surface area contributed by atoms with E-state index in [9.17, 15) is 20.0 Å². The van der Waals surface area contributed by atoms with E-state index in [1.807, 2.05) is 0 Å². The van der Waals surface area contributed by atoms with Crippen LogP contribution in [0.3, 0.4) is 0 Å². The number of hydrogen-bond donors (Lipinski definition) is 2. The van der Waals surface area contributed by atoms with Gasteiger partial charge in [-0.1, -0.05) is 6.07 Å². The number of nitrogens with zero attached hydrogens (tertiary/aromatic N) is 1. The standard InChI is InChI=1S/C14H14N2O5/c1-9-4-5-11(16(19)20)10(7-9)14(18)15-8-12(17)13-3-2-6-21-13/h2-7,12,17H,8H2,1H3,(H,15,18). The minimum Gasteiger partial charge on any atom is -0.467 e. The highest BCUT2D eigenvalue weighted by Crippen LogP contribution is 2.20. The zero-order valence-corrected chi connectivity index (χ0v) is 11.3. The van der Waals surface area contributed by atoms with Crippen molar-refractivity contribution in [3.05, 3.63) is 63.6 Å². The third kappa shape index (κ3) is 3.46. The monoisotopic (exact) mass is 290 g/mol. The minimum atomic E-state index is -1.01. The molecule has 0 saturated carbocycles. The maximum absolute atomic E-state index is 12.0. The van der Waals surface area contributed by atoms with Gasteiger partial charge in [0.25, 0.3) is 11.6 Å². The molecule has 1 unspecified atom stereocenters. The molecule has 0 bridgehead atoms. The van der Waals surface area contributed by atoms with Gasteiger partial charge in [0.2, 0.25) is 0 Å². The van der Waals surface area contributed by atoms with Crippen molar-refractivity contribution in [2.45, 2.75) is 13.0 Å². The number of carbonyl (C=O) groups is 1. The summed E-state index contributed by atoms with van der Waals surface area (Å²) in [5.41, 5.74) is 0.426. The molecule has 1 aromatic carbocycles. The van der Waals surface area contributed by atoms with Crippen molar-refractivity contribution >= 4 is 11.6 Å². The van der Waals surface area contributed by atoms with Crippen LogP contribution in [-0.2, 0) is 0 Å². The lowest BCUT2D eigenvalue weighted by molar-refractivity contribution is -0.385. The van der Waals surface area contributed by atoms with Crippen molar-refractivity contribution in [1.29, 1.82) is 0 Å². The van der Waals surface area contributed by atoms with Crippen molar-refractivity contribution in [3.63, 3.8) is 0 Å². The number of nitro benzene ring substituents is 1. The number of aliphatic hydroxyl groups is 1. The number of aliphatic hydroxyl groups excluding tert-OH is 1. The van der Waals surface area contributed by atoms with Crippen molar-refractivity contribution in [1.82, 2.24) is 5.32 Å². The predicted octanol–water partition coefficient (Wildman–Crippen LogP) is 1.96. The first-order valence-electron chi connectivity index (χ1n) is 6.23. The van der Waals surface area contributed by atoms with Crippen LogP contribution >= 0.6 is 0 Å². The highest BCUT2D eigenvalue weighted by Gasteiger charge is 2.21. The molecule has 0 fully saturated rings. The van der Waals surface area contributed by atoms with Crippen molar-refractivity contribution in [3.8, 4) is 0 Å². The average Bonchev–Trinajstić information content (AvgIpc) is 2.98. The van der Waals surface area contributed by atoms with Crippen molar-refractivity contribution in [2.24, 2.45) is 0 Å². The van der Waals surface area contributed by atoms with Gasteiger partial charge in [0.1, 0.15) is 17.4 Å². The molecule has 110 valence electrons. The van der Waals surface area contributed by atoms with Crippen LogP contribution in [0.15, 0.2) is 41.0 Å². The Balaban J connectivity index is 2.10. The van der Waals surface area contributed by atoms with E-state index < -0.39 is 16.9 Å². The number of aryl methyl sites for hydroxylation is 1. The highest BCUT2D eigenvalue weighted by atomic mass is 16.6. The molecule has 0 aliphatic carbocycles. The summed E-state index contributed by atoms with van der Waals surface area (Å²) in [4.78, 5) is 22.3. The van der Waals surface area contributed by atoms with E-state index >= 15 is 0 Å². The Morgan fingerprint density at radius 2 is 2.24 bits per heavy atom.